The summed E-state index contributed by atoms with van der Waals surface area (Å²) in [5.74, 6) is 0.731. The highest BCUT2D eigenvalue weighted by atomic mass is 35.5. The van der Waals surface area contributed by atoms with Crippen molar-refractivity contribution < 1.29 is 8.42 Å². The fourth-order valence-electron chi connectivity index (χ4n) is 2.03. The van der Waals surface area contributed by atoms with E-state index >= 15 is 0 Å². The van der Waals surface area contributed by atoms with E-state index in [0.29, 0.717) is 24.1 Å². The molecular formula is C10H14ClN3O2S. The van der Waals surface area contributed by atoms with Crippen molar-refractivity contribution >= 4 is 21.6 Å². The maximum atomic E-state index is 11.4. The zero-order valence-electron chi connectivity index (χ0n) is 9.72. The van der Waals surface area contributed by atoms with E-state index in [1.807, 2.05) is 0 Å². The third kappa shape index (κ3) is 2.94. The van der Waals surface area contributed by atoms with Crippen molar-refractivity contribution in [1.29, 1.82) is 0 Å². The Hall–Kier alpha value is -0.720. The summed E-state index contributed by atoms with van der Waals surface area (Å²) in [6, 6.07) is 1.71. The van der Waals surface area contributed by atoms with E-state index in [9.17, 15) is 8.42 Å². The Morgan fingerprint density at radius 1 is 1.47 bits per heavy atom. The molecule has 0 radical (unpaired) electrons. The van der Waals surface area contributed by atoms with E-state index in [1.54, 1.807) is 13.0 Å². The van der Waals surface area contributed by atoms with E-state index in [-0.39, 0.29) is 5.92 Å². The summed E-state index contributed by atoms with van der Waals surface area (Å²) in [6.07, 6.45) is 2.01. The highest BCUT2D eigenvalue weighted by molar-refractivity contribution is 7.88. The molecule has 0 saturated carbocycles. The van der Waals surface area contributed by atoms with Crippen LogP contribution in [-0.2, 0) is 10.0 Å². The molecule has 0 aliphatic carbocycles. The lowest BCUT2D eigenvalue weighted by Gasteiger charge is -2.13. The molecule has 1 saturated heterocycles. The van der Waals surface area contributed by atoms with Crippen LogP contribution in [0, 0.1) is 6.92 Å². The molecule has 1 aliphatic rings. The molecule has 5 nitrogen and oxygen atoms in total. The van der Waals surface area contributed by atoms with Crippen LogP contribution in [0.3, 0.4) is 0 Å². The predicted octanol–water partition coefficient (Wildman–Crippen LogP) is 1.19. The normalized spacial score (nSPS) is 21.9. The maximum Gasteiger partial charge on any atom is 0.211 e. The number of hydrogen-bond acceptors (Lipinski definition) is 4. The van der Waals surface area contributed by atoms with Crippen molar-refractivity contribution in [3.05, 3.63) is 22.7 Å². The first kappa shape index (κ1) is 12.7. The largest absolute Gasteiger partial charge is 0.238 e. The lowest BCUT2D eigenvalue weighted by Crippen LogP contribution is -2.27. The number of rotatable bonds is 2. The van der Waals surface area contributed by atoms with Gasteiger partial charge in [0.15, 0.2) is 0 Å². The molecule has 7 heteroatoms. The van der Waals surface area contributed by atoms with Crippen LogP contribution in [0.15, 0.2) is 6.07 Å². The molecule has 1 atom stereocenters. The van der Waals surface area contributed by atoms with Crippen LogP contribution < -0.4 is 0 Å². The van der Waals surface area contributed by atoms with Crippen molar-refractivity contribution in [1.82, 2.24) is 14.3 Å². The van der Waals surface area contributed by atoms with Gasteiger partial charge < -0.3 is 0 Å². The molecule has 1 fully saturated rings. The summed E-state index contributed by atoms with van der Waals surface area (Å²) >= 11 is 5.87. The second-order valence-electron chi connectivity index (χ2n) is 4.27. The summed E-state index contributed by atoms with van der Waals surface area (Å²) in [7, 11) is -3.11. The van der Waals surface area contributed by atoms with Gasteiger partial charge in [-0.05, 0) is 19.4 Å². The number of nitrogens with zero attached hydrogens (tertiary/aromatic N) is 3. The zero-order valence-corrected chi connectivity index (χ0v) is 11.3. The van der Waals surface area contributed by atoms with Crippen LogP contribution in [0.25, 0.3) is 0 Å². The summed E-state index contributed by atoms with van der Waals surface area (Å²) < 4.78 is 24.3. The maximum absolute atomic E-state index is 11.4. The first-order chi connectivity index (χ1) is 7.86. The van der Waals surface area contributed by atoms with Gasteiger partial charge in [-0.2, -0.15) is 0 Å². The average Bonchev–Trinajstić information content (AvgIpc) is 2.63. The van der Waals surface area contributed by atoms with Crippen LogP contribution in [0.4, 0.5) is 0 Å². The van der Waals surface area contributed by atoms with E-state index < -0.39 is 10.0 Å². The van der Waals surface area contributed by atoms with Gasteiger partial charge in [-0.3, -0.25) is 0 Å². The lowest BCUT2D eigenvalue weighted by molar-refractivity contribution is 0.477. The highest BCUT2D eigenvalue weighted by Crippen LogP contribution is 2.28. The molecule has 0 spiro atoms. The van der Waals surface area contributed by atoms with Crippen molar-refractivity contribution in [2.24, 2.45) is 0 Å². The van der Waals surface area contributed by atoms with Gasteiger partial charge in [-0.15, -0.1) is 0 Å². The summed E-state index contributed by atoms with van der Waals surface area (Å²) in [6.45, 7) is 2.80. The first-order valence-electron chi connectivity index (χ1n) is 5.32. The summed E-state index contributed by atoms with van der Waals surface area (Å²) in [5.41, 5.74) is 0.827. The van der Waals surface area contributed by atoms with Gasteiger partial charge >= 0.3 is 0 Å². The van der Waals surface area contributed by atoms with Crippen LogP contribution in [-0.4, -0.2) is 42.0 Å². The zero-order chi connectivity index (χ0) is 12.6. The van der Waals surface area contributed by atoms with Crippen LogP contribution >= 0.6 is 11.6 Å². The van der Waals surface area contributed by atoms with Gasteiger partial charge in [-0.1, -0.05) is 11.6 Å². The number of aromatic nitrogens is 2. The predicted molar refractivity (Wildman–Crippen MR) is 65.6 cm³/mol. The summed E-state index contributed by atoms with van der Waals surface area (Å²) in [5, 5.41) is 0.408. The SMILES string of the molecule is Cc1nc(Cl)cc(C2CCN(S(C)(=O)=O)C2)n1. The molecule has 17 heavy (non-hydrogen) atoms. The molecule has 1 aliphatic heterocycles. The molecule has 1 aromatic rings. The fourth-order valence-corrected chi connectivity index (χ4v) is 3.15. The van der Waals surface area contributed by atoms with Crippen LogP contribution in [0.5, 0.6) is 0 Å². The fraction of sp³-hybridized carbons (Fsp3) is 0.600. The van der Waals surface area contributed by atoms with Gasteiger partial charge in [0.2, 0.25) is 10.0 Å². The molecule has 0 N–H and O–H groups in total. The van der Waals surface area contributed by atoms with Crippen molar-refractivity contribution in [2.75, 3.05) is 19.3 Å². The molecule has 1 aromatic heterocycles. The minimum Gasteiger partial charge on any atom is -0.238 e. The van der Waals surface area contributed by atoms with E-state index in [0.717, 1.165) is 12.1 Å². The molecule has 0 amide bonds. The Bertz CT molecular complexity index is 512. The van der Waals surface area contributed by atoms with Gasteiger partial charge in [0.05, 0.1) is 11.9 Å². The Morgan fingerprint density at radius 3 is 2.71 bits per heavy atom. The lowest BCUT2D eigenvalue weighted by atomic mass is 10.1. The van der Waals surface area contributed by atoms with Gasteiger partial charge in [-0.25, -0.2) is 22.7 Å². The molecule has 0 aromatic carbocycles. The Labute approximate surface area is 106 Å². The minimum atomic E-state index is -3.11. The van der Waals surface area contributed by atoms with E-state index in [1.165, 1.54) is 10.6 Å². The third-order valence-electron chi connectivity index (χ3n) is 2.86. The second-order valence-corrected chi connectivity index (χ2v) is 6.64. The van der Waals surface area contributed by atoms with Gasteiger partial charge in [0.25, 0.3) is 0 Å². The summed E-state index contributed by atoms with van der Waals surface area (Å²) in [4.78, 5) is 8.31. The monoisotopic (exact) mass is 275 g/mol. The number of aryl methyl sites for hydroxylation is 1. The van der Waals surface area contributed by atoms with E-state index in [4.69, 9.17) is 11.6 Å². The number of sulfonamides is 1. The smallest absolute Gasteiger partial charge is 0.211 e. The van der Waals surface area contributed by atoms with Crippen molar-refractivity contribution in [3.63, 3.8) is 0 Å². The Morgan fingerprint density at radius 2 is 2.18 bits per heavy atom. The van der Waals surface area contributed by atoms with Crippen molar-refractivity contribution in [2.45, 2.75) is 19.3 Å². The van der Waals surface area contributed by atoms with E-state index in [2.05, 4.69) is 9.97 Å². The molecule has 2 heterocycles. The third-order valence-corrected chi connectivity index (χ3v) is 4.33. The average molecular weight is 276 g/mol. The van der Waals surface area contributed by atoms with Crippen LogP contribution in [0.2, 0.25) is 5.15 Å². The number of hydrogen-bond donors (Lipinski definition) is 0. The van der Waals surface area contributed by atoms with Gasteiger partial charge in [0.1, 0.15) is 11.0 Å². The molecule has 2 rings (SSSR count). The molecule has 94 valence electrons. The van der Waals surface area contributed by atoms with Crippen LogP contribution in [0.1, 0.15) is 23.9 Å². The number of halogens is 1. The molecular weight excluding hydrogens is 262 g/mol. The standard InChI is InChI=1S/C10H14ClN3O2S/c1-7-12-9(5-10(11)13-7)8-3-4-14(6-8)17(2,15)16/h5,8H,3-4,6H2,1-2H3. The molecule has 1 unspecified atom stereocenters. The quantitative estimate of drug-likeness (QED) is 0.761. The second kappa shape index (κ2) is 4.51. The first-order valence-corrected chi connectivity index (χ1v) is 7.55. The highest BCUT2D eigenvalue weighted by Gasteiger charge is 2.30. The Kier molecular flexibility index (Phi) is 3.38. The topological polar surface area (TPSA) is 63.2 Å². The van der Waals surface area contributed by atoms with Gasteiger partial charge in [0, 0.05) is 19.0 Å². The van der Waals surface area contributed by atoms with Crippen molar-refractivity contribution in [3.8, 4) is 0 Å². The molecule has 0 bridgehead atoms. The Balaban J connectivity index is 2.21. The minimum absolute atomic E-state index is 0.115.